The predicted molar refractivity (Wildman–Crippen MR) is 50.4 cm³/mol. The number of rotatable bonds is 3. The number of hydrogen-bond acceptors (Lipinski definition) is 6. The molecule has 0 saturated heterocycles. The quantitative estimate of drug-likeness (QED) is 0.354. The number of carboxylic acid groups (broad SMARTS) is 2. The van der Waals surface area contributed by atoms with Crippen LogP contribution in [0.1, 0.15) is 0 Å². The highest BCUT2D eigenvalue weighted by molar-refractivity contribution is 5.68. The minimum absolute atomic E-state index is 0.453. The highest BCUT2D eigenvalue weighted by atomic mass is 16.7. The first-order valence-corrected chi connectivity index (χ1v) is 4.00. The van der Waals surface area contributed by atoms with Crippen LogP contribution in [0.3, 0.4) is 0 Å². The van der Waals surface area contributed by atoms with Gasteiger partial charge in [-0.3, -0.25) is 10.1 Å². The first-order valence-electron chi connectivity index (χ1n) is 4.00. The second-order valence-corrected chi connectivity index (χ2v) is 2.62. The highest BCUT2D eigenvalue weighted by Gasteiger charge is 2.17. The SMILES string of the molecule is O=C(O)Oc1ccc([N+](=O)[O-])cc1OC(=O)O. The van der Waals surface area contributed by atoms with Gasteiger partial charge in [0.15, 0.2) is 11.5 Å². The normalized spacial score (nSPS) is 9.41. The van der Waals surface area contributed by atoms with Crippen molar-refractivity contribution in [3.05, 3.63) is 28.3 Å². The summed E-state index contributed by atoms with van der Waals surface area (Å²) in [5.74, 6) is -1.03. The number of ether oxygens (including phenoxy) is 2. The Labute approximate surface area is 93.0 Å². The number of carbonyl (C=O) groups is 2. The second kappa shape index (κ2) is 4.79. The van der Waals surface area contributed by atoms with E-state index in [-0.39, 0.29) is 0 Å². The Morgan fingerprint density at radius 2 is 1.65 bits per heavy atom. The molecule has 0 unspecified atom stereocenters. The molecule has 1 rings (SSSR count). The average Bonchev–Trinajstić information content (AvgIpc) is 2.18. The topological polar surface area (TPSA) is 136 Å². The Morgan fingerprint density at radius 1 is 1.12 bits per heavy atom. The molecule has 0 bridgehead atoms. The molecule has 2 N–H and O–H groups in total. The number of benzene rings is 1. The van der Waals surface area contributed by atoms with Gasteiger partial charge in [-0.05, 0) is 6.07 Å². The maximum atomic E-state index is 10.4. The van der Waals surface area contributed by atoms with E-state index in [1.165, 1.54) is 0 Å². The van der Waals surface area contributed by atoms with Crippen LogP contribution in [0.2, 0.25) is 0 Å². The lowest BCUT2D eigenvalue weighted by molar-refractivity contribution is -0.384. The Bertz CT molecular complexity index is 482. The van der Waals surface area contributed by atoms with E-state index in [2.05, 4.69) is 9.47 Å². The third-order valence-corrected chi connectivity index (χ3v) is 1.53. The first kappa shape index (κ1) is 12.2. The summed E-state index contributed by atoms with van der Waals surface area (Å²) in [7, 11) is 0. The van der Waals surface area contributed by atoms with E-state index in [0.29, 0.717) is 0 Å². The monoisotopic (exact) mass is 243 g/mol. The third kappa shape index (κ3) is 3.34. The van der Waals surface area contributed by atoms with Crippen molar-refractivity contribution in [3.63, 3.8) is 0 Å². The fourth-order valence-corrected chi connectivity index (χ4v) is 0.963. The van der Waals surface area contributed by atoms with Crippen LogP contribution < -0.4 is 9.47 Å². The molecular formula is C8H5NO8. The number of non-ortho nitro benzene ring substituents is 1. The van der Waals surface area contributed by atoms with Gasteiger partial charge in [-0.25, -0.2) is 9.59 Å². The van der Waals surface area contributed by atoms with E-state index < -0.39 is 34.4 Å². The maximum absolute atomic E-state index is 10.4. The molecule has 0 radical (unpaired) electrons. The molecule has 0 aromatic heterocycles. The van der Waals surface area contributed by atoms with Crippen molar-refractivity contribution in [2.75, 3.05) is 0 Å². The lowest BCUT2D eigenvalue weighted by Gasteiger charge is -2.05. The summed E-state index contributed by atoms with van der Waals surface area (Å²) in [6, 6.07) is 2.61. The second-order valence-electron chi connectivity index (χ2n) is 2.62. The first-order chi connectivity index (χ1) is 7.90. The van der Waals surface area contributed by atoms with Crippen molar-refractivity contribution >= 4 is 18.0 Å². The predicted octanol–water partition coefficient (Wildman–Crippen LogP) is 1.71. The minimum atomic E-state index is -1.75. The molecule has 0 aliphatic carbocycles. The van der Waals surface area contributed by atoms with E-state index in [4.69, 9.17) is 10.2 Å². The van der Waals surface area contributed by atoms with Crippen LogP contribution in [0.4, 0.5) is 15.3 Å². The zero-order valence-electron chi connectivity index (χ0n) is 8.02. The molecule has 0 atom stereocenters. The van der Waals surface area contributed by atoms with E-state index in [1.54, 1.807) is 0 Å². The summed E-state index contributed by atoms with van der Waals surface area (Å²) in [5.41, 5.74) is -0.459. The molecule has 0 fully saturated rings. The van der Waals surface area contributed by atoms with Crippen LogP contribution in [-0.4, -0.2) is 27.4 Å². The zero-order valence-corrected chi connectivity index (χ0v) is 8.02. The van der Waals surface area contributed by atoms with Gasteiger partial charge in [-0.15, -0.1) is 0 Å². The third-order valence-electron chi connectivity index (χ3n) is 1.53. The van der Waals surface area contributed by atoms with Crippen LogP contribution in [0.5, 0.6) is 11.5 Å². The van der Waals surface area contributed by atoms with E-state index >= 15 is 0 Å². The van der Waals surface area contributed by atoms with Crippen molar-refractivity contribution < 1.29 is 34.2 Å². The molecule has 1 aromatic carbocycles. The van der Waals surface area contributed by atoms with Gasteiger partial charge in [0.2, 0.25) is 0 Å². The molecule has 0 heterocycles. The number of nitro benzene ring substituents is 1. The molecule has 0 saturated carbocycles. The van der Waals surface area contributed by atoms with Crippen molar-refractivity contribution in [2.24, 2.45) is 0 Å². The van der Waals surface area contributed by atoms with Gasteiger partial charge < -0.3 is 19.7 Å². The van der Waals surface area contributed by atoms with E-state index in [0.717, 1.165) is 18.2 Å². The van der Waals surface area contributed by atoms with Gasteiger partial charge in [0, 0.05) is 6.07 Å². The Morgan fingerprint density at radius 3 is 2.12 bits per heavy atom. The Hall–Kier alpha value is -2.84. The smallest absolute Gasteiger partial charge is 0.449 e. The fourth-order valence-electron chi connectivity index (χ4n) is 0.963. The van der Waals surface area contributed by atoms with Crippen molar-refractivity contribution in [1.29, 1.82) is 0 Å². The number of nitrogens with zero attached hydrogens (tertiary/aromatic N) is 1. The van der Waals surface area contributed by atoms with Gasteiger partial charge in [0.1, 0.15) is 0 Å². The van der Waals surface area contributed by atoms with Crippen molar-refractivity contribution in [2.45, 2.75) is 0 Å². The summed E-state index contributed by atoms with van der Waals surface area (Å²) >= 11 is 0. The standard InChI is InChI=1S/C8H5NO8/c10-7(11)16-5-2-1-4(9(14)15)3-6(5)17-8(12)13/h1-3H,(H,10,11)(H,12,13). The lowest BCUT2D eigenvalue weighted by Crippen LogP contribution is -2.08. The number of nitro groups is 1. The maximum Gasteiger partial charge on any atom is 0.511 e. The van der Waals surface area contributed by atoms with Gasteiger partial charge in [-0.2, -0.15) is 0 Å². The molecule has 0 aliphatic rings. The van der Waals surface area contributed by atoms with Crippen LogP contribution in [0, 0.1) is 10.1 Å². The molecule has 1 aromatic rings. The average molecular weight is 243 g/mol. The Kier molecular flexibility index (Phi) is 3.44. The van der Waals surface area contributed by atoms with Crippen LogP contribution in [0.15, 0.2) is 18.2 Å². The fraction of sp³-hybridized carbons (Fsp3) is 0. The van der Waals surface area contributed by atoms with Crippen LogP contribution in [0.25, 0.3) is 0 Å². The van der Waals surface area contributed by atoms with Gasteiger partial charge in [-0.1, -0.05) is 0 Å². The molecule has 0 aliphatic heterocycles. The molecule has 9 heteroatoms. The number of hydrogen-bond donors (Lipinski definition) is 2. The minimum Gasteiger partial charge on any atom is -0.449 e. The summed E-state index contributed by atoms with van der Waals surface area (Å²) in [6.45, 7) is 0. The summed E-state index contributed by atoms with van der Waals surface area (Å²) in [4.78, 5) is 30.2. The van der Waals surface area contributed by atoms with Gasteiger partial charge >= 0.3 is 12.3 Å². The van der Waals surface area contributed by atoms with Crippen LogP contribution >= 0.6 is 0 Å². The van der Waals surface area contributed by atoms with E-state index in [1.807, 2.05) is 0 Å². The summed E-state index contributed by atoms with van der Waals surface area (Å²) < 4.78 is 8.35. The Balaban J connectivity index is 3.15. The molecule has 9 nitrogen and oxygen atoms in total. The molecular weight excluding hydrogens is 238 g/mol. The summed E-state index contributed by atoms with van der Waals surface area (Å²) in [5, 5.41) is 27.1. The van der Waals surface area contributed by atoms with E-state index in [9.17, 15) is 19.7 Å². The van der Waals surface area contributed by atoms with Crippen LogP contribution in [-0.2, 0) is 0 Å². The van der Waals surface area contributed by atoms with Crippen molar-refractivity contribution in [3.8, 4) is 11.5 Å². The summed E-state index contributed by atoms with van der Waals surface area (Å²) in [6.07, 6.45) is -3.45. The zero-order chi connectivity index (χ0) is 13.0. The van der Waals surface area contributed by atoms with Gasteiger partial charge in [0.25, 0.3) is 5.69 Å². The largest absolute Gasteiger partial charge is 0.511 e. The molecule has 17 heavy (non-hydrogen) atoms. The van der Waals surface area contributed by atoms with Crippen molar-refractivity contribution in [1.82, 2.24) is 0 Å². The molecule has 0 amide bonds. The molecule has 90 valence electrons. The lowest BCUT2D eigenvalue weighted by atomic mass is 10.3. The van der Waals surface area contributed by atoms with Gasteiger partial charge in [0.05, 0.1) is 11.0 Å². The highest BCUT2D eigenvalue weighted by Crippen LogP contribution is 2.31. The molecule has 0 spiro atoms.